The minimum atomic E-state index is -0.103. The maximum absolute atomic E-state index is 9.95. The van der Waals surface area contributed by atoms with Crippen LogP contribution in [0.4, 0.5) is 0 Å². The summed E-state index contributed by atoms with van der Waals surface area (Å²) >= 11 is 0. The van der Waals surface area contributed by atoms with Crippen LogP contribution in [0.5, 0.6) is 0 Å². The molecule has 0 radical (unpaired) electrons. The van der Waals surface area contributed by atoms with E-state index in [2.05, 4.69) is 30.9 Å². The Hall–Kier alpha value is -0.640. The fourth-order valence-corrected chi connectivity index (χ4v) is 6.68. The predicted molar refractivity (Wildman–Crippen MR) is 115 cm³/mol. The van der Waals surface area contributed by atoms with E-state index in [1.807, 2.05) is 0 Å². The van der Waals surface area contributed by atoms with Gasteiger partial charge in [-0.2, -0.15) is 0 Å². The van der Waals surface area contributed by atoms with Gasteiger partial charge < -0.3 is 9.84 Å². The fourth-order valence-electron chi connectivity index (χ4n) is 6.68. The molecule has 4 rings (SSSR count). The summed E-state index contributed by atoms with van der Waals surface area (Å²) in [5, 5.41) is 9.95. The molecule has 0 aromatic carbocycles. The third kappa shape index (κ3) is 4.42. The summed E-state index contributed by atoms with van der Waals surface area (Å²) < 4.78 is 5.62. The number of morpholine rings is 1. The number of hydrogen-bond donors (Lipinski definition) is 1. The molecule has 3 aliphatic carbocycles. The Morgan fingerprint density at radius 3 is 2.89 bits per heavy atom. The van der Waals surface area contributed by atoms with Crippen molar-refractivity contribution in [3.8, 4) is 0 Å². The lowest BCUT2D eigenvalue weighted by atomic mass is 9.63. The maximum atomic E-state index is 9.95. The molecule has 3 heteroatoms. The largest absolute Gasteiger partial charge is 0.393 e. The summed E-state index contributed by atoms with van der Waals surface area (Å²) in [4.78, 5) is 2.65. The maximum Gasteiger partial charge on any atom is 0.0619 e. The molecule has 3 saturated carbocycles. The summed E-state index contributed by atoms with van der Waals surface area (Å²) in [7, 11) is 0. The zero-order valence-corrected chi connectivity index (χ0v) is 18.2. The number of allylic oxidation sites excluding steroid dienone is 3. The van der Waals surface area contributed by atoms with Crippen LogP contribution in [0.15, 0.2) is 23.3 Å². The van der Waals surface area contributed by atoms with Crippen LogP contribution < -0.4 is 0 Å². The molecular weight excluding hydrogens is 346 g/mol. The smallest absolute Gasteiger partial charge is 0.0619 e. The van der Waals surface area contributed by atoms with Gasteiger partial charge in [-0.3, -0.25) is 4.90 Å². The van der Waals surface area contributed by atoms with Gasteiger partial charge in [-0.15, -0.1) is 0 Å². The van der Waals surface area contributed by atoms with E-state index in [-0.39, 0.29) is 6.10 Å². The van der Waals surface area contributed by atoms with Crippen molar-refractivity contribution in [1.82, 2.24) is 4.90 Å². The summed E-state index contributed by atoms with van der Waals surface area (Å²) in [6, 6.07) is 0.582. The minimum Gasteiger partial charge on any atom is -0.393 e. The van der Waals surface area contributed by atoms with Crippen LogP contribution in [0, 0.1) is 17.3 Å². The summed E-state index contributed by atoms with van der Waals surface area (Å²) in [6.07, 6.45) is 17.2. The topological polar surface area (TPSA) is 32.7 Å². The lowest BCUT2D eigenvalue weighted by Crippen LogP contribution is -2.45. The lowest BCUT2D eigenvalue weighted by molar-refractivity contribution is -0.00616. The van der Waals surface area contributed by atoms with E-state index >= 15 is 0 Å². The third-order valence-electron chi connectivity index (χ3n) is 8.50. The Bertz CT molecular complexity index is 597. The number of aliphatic hydroxyl groups excluding tert-OH is 1. The first-order valence-corrected chi connectivity index (χ1v) is 11.9. The zero-order chi connectivity index (χ0) is 19.6. The number of hydrogen-bond acceptors (Lipinski definition) is 3. The summed E-state index contributed by atoms with van der Waals surface area (Å²) in [5.74, 6) is 1.67. The van der Waals surface area contributed by atoms with Crippen molar-refractivity contribution in [3.05, 3.63) is 23.3 Å². The quantitative estimate of drug-likeness (QED) is 0.728. The van der Waals surface area contributed by atoms with Crippen LogP contribution >= 0.6 is 0 Å². The number of fused-ring (bicyclic) bond motifs is 1. The second-order valence-electron chi connectivity index (χ2n) is 10.3. The number of aliphatic hydroxyl groups is 1. The van der Waals surface area contributed by atoms with Gasteiger partial charge in [0.1, 0.15) is 0 Å². The van der Waals surface area contributed by atoms with Crippen molar-refractivity contribution in [3.63, 3.8) is 0 Å². The van der Waals surface area contributed by atoms with Crippen LogP contribution in [0.2, 0.25) is 0 Å². The Morgan fingerprint density at radius 2 is 2.07 bits per heavy atom. The normalized spacial score (nSPS) is 42.8. The highest BCUT2D eigenvalue weighted by molar-refractivity contribution is 5.25. The number of rotatable bonds is 4. The van der Waals surface area contributed by atoms with Crippen molar-refractivity contribution < 1.29 is 9.84 Å². The van der Waals surface area contributed by atoms with Crippen molar-refractivity contribution in [2.75, 3.05) is 26.3 Å². The Morgan fingerprint density at radius 1 is 1.18 bits per heavy atom. The van der Waals surface area contributed by atoms with E-state index in [1.165, 1.54) is 57.1 Å². The average Bonchev–Trinajstić information content (AvgIpc) is 3.02. The van der Waals surface area contributed by atoms with Gasteiger partial charge in [-0.25, -0.2) is 0 Å². The van der Waals surface area contributed by atoms with Crippen LogP contribution in [0.1, 0.15) is 78.1 Å². The molecule has 5 atom stereocenters. The van der Waals surface area contributed by atoms with E-state index in [4.69, 9.17) is 4.74 Å². The van der Waals surface area contributed by atoms with Gasteiger partial charge in [0, 0.05) is 12.6 Å². The molecule has 3 unspecified atom stereocenters. The van der Waals surface area contributed by atoms with Crippen molar-refractivity contribution >= 4 is 0 Å². The molecule has 4 aliphatic rings. The second kappa shape index (κ2) is 9.02. The van der Waals surface area contributed by atoms with Gasteiger partial charge in [0.15, 0.2) is 0 Å². The highest BCUT2D eigenvalue weighted by Crippen LogP contribution is 2.58. The number of ether oxygens (including phenoxy) is 1. The Labute approximate surface area is 172 Å². The van der Waals surface area contributed by atoms with E-state index in [0.29, 0.717) is 11.5 Å². The molecule has 0 amide bonds. The highest BCUT2D eigenvalue weighted by atomic mass is 16.5. The van der Waals surface area contributed by atoms with Crippen LogP contribution in [0.25, 0.3) is 0 Å². The number of nitrogens with zero attached hydrogens (tertiary/aromatic N) is 1. The average molecular weight is 388 g/mol. The standard InChI is InChI=1S/C25H41NO2/c1-19-18-28-16-15-26(19)14-12-22-10-11-24-21(6-4-13-25(22,24)2)9-8-20-5-3-7-23(27)17-20/h8-9,19,22-24,27H,3-7,10-18H2,1-2H3/b20-8-,21-9+/t19?,22-,23+,24?,25?/m1/s1. The van der Waals surface area contributed by atoms with Gasteiger partial charge >= 0.3 is 0 Å². The van der Waals surface area contributed by atoms with Gasteiger partial charge in [0.2, 0.25) is 0 Å². The van der Waals surface area contributed by atoms with Gasteiger partial charge in [0.25, 0.3) is 0 Å². The van der Waals surface area contributed by atoms with Crippen LogP contribution in [-0.4, -0.2) is 48.5 Å². The minimum absolute atomic E-state index is 0.103. The third-order valence-corrected chi connectivity index (χ3v) is 8.50. The van der Waals surface area contributed by atoms with E-state index in [9.17, 15) is 5.11 Å². The van der Waals surface area contributed by atoms with Crippen LogP contribution in [0.3, 0.4) is 0 Å². The predicted octanol–water partition coefficient (Wildman–Crippen LogP) is 5.10. The Balaban J connectivity index is 1.40. The van der Waals surface area contributed by atoms with Gasteiger partial charge in [-0.05, 0) is 94.9 Å². The van der Waals surface area contributed by atoms with Crippen molar-refractivity contribution in [1.29, 1.82) is 0 Å². The second-order valence-corrected chi connectivity index (χ2v) is 10.3. The Kier molecular flexibility index (Phi) is 6.64. The fraction of sp³-hybridized carbons (Fsp3) is 0.840. The lowest BCUT2D eigenvalue weighted by Gasteiger charge is -2.43. The molecular formula is C25H41NO2. The molecule has 1 saturated heterocycles. The van der Waals surface area contributed by atoms with E-state index < -0.39 is 0 Å². The monoisotopic (exact) mass is 387 g/mol. The molecule has 0 bridgehead atoms. The molecule has 0 aromatic heterocycles. The highest BCUT2D eigenvalue weighted by Gasteiger charge is 2.48. The molecule has 1 heterocycles. The molecule has 0 aromatic rings. The SMILES string of the molecule is CC1COCCN1CC[C@H]1CCC2/C(=C/C=C3/CCC[C@H](O)C3)CCCC21C. The van der Waals surface area contributed by atoms with Crippen LogP contribution in [-0.2, 0) is 4.74 Å². The van der Waals surface area contributed by atoms with E-state index in [0.717, 1.165) is 50.9 Å². The first-order chi connectivity index (χ1) is 13.6. The molecule has 158 valence electrons. The molecule has 0 spiro atoms. The van der Waals surface area contributed by atoms with Gasteiger partial charge in [0.05, 0.1) is 19.3 Å². The van der Waals surface area contributed by atoms with Crippen molar-refractivity contribution in [2.45, 2.75) is 90.2 Å². The first kappa shape index (κ1) is 20.6. The summed E-state index contributed by atoms with van der Waals surface area (Å²) in [5.41, 5.74) is 3.68. The molecule has 1 aliphatic heterocycles. The molecule has 28 heavy (non-hydrogen) atoms. The zero-order valence-electron chi connectivity index (χ0n) is 18.2. The van der Waals surface area contributed by atoms with E-state index in [1.54, 1.807) is 5.57 Å². The van der Waals surface area contributed by atoms with Gasteiger partial charge in [-0.1, -0.05) is 30.2 Å². The molecule has 4 fully saturated rings. The molecule has 1 N–H and O–H groups in total. The first-order valence-electron chi connectivity index (χ1n) is 11.9. The van der Waals surface area contributed by atoms with Crippen molar-refractivity contribution in [2.24, 2.45) is 17.3 Å². The summed E-state index contributed by atoms with van der Waals surface area (Å²) in [6.45, 7) is 9.08. The molecule has 3 nitrogen and oxygen atoms in total.